The van der Waals surface area contributed by atoms with Crippen molar-refractivity contribution in [2.45, 2.75) is 33.6 Å². The molecule has 0 aliphatic carbocycles. The van der Waals surface area contributed by atoms with Crippen LogP contribution in [-0.4, -0.2) is 42.7 Å². The highest BCUT2D eigenvalue weighted by molar-refractivity contribution is 9.10. The normalized spacial score (nSPS) is 10.4. The summed E-state index contributed by atoms with van der Waals surface area (Å²) in [5, 5.41) is 2.40. The van der Waals surface area contributed by atoms with Crippen LogP contribution in [0.3, 0.4) is 0 Å². The number of nitrogens with one attached hydrogen (secondary N) is 3. The lowest BCUT2D eigenvalue weighted by Crippen LogP contribution is -2.49. The van der Waals surface area contributed by atoms with Crippen molar-refractivity contribution >= 4 is 51.0 Å². The highest BCUT2D eigenvalue weighted by Gasteiger charge is 2.12. The van der Waals surface area contributed by atoms with E-state index in [0.717, 1.165) is 12.8 Å². The summed E-state index contributed by atoms with van der Waals surface area (Å²) < 4.78 is 16.8. The molecule has 0 fully saturated rings. The molecule has 3 N–H and O–H groups in total. The molecule has 2 rings (SSSR count). The van der Waals surface area contributed by atoms with Crippen molar-refractivity contribution in [2.75, 3.05) is 19.8 Å². The van der Waals surface area contributed by atoms with Gasteiger partial charge in [-0.25, -0.2) is 4.79 Å². The molecule has 2 aromatic carbocycles. The Labute approximate surface area is 224 Å². The van der Waals surface area contributed by atoms with E-state index in [0.29, 0.717) is 46.2 Å². The maximum atomic E-state index is 12.4. The summed E-state index contributed by atoms with van der Waals surface area (Å²) in [5.74, 6) is 0.179. The van der Waals surface area contributed by atoms with Crippen molar-refractivity contribution in [2.24, 2.45) is 5.92 Å². The van der Waals surface area contributed by atoms with E-state index in [4.69, 9.17) is 26.4 Å². The second kappa shape index (κ2) is 15.0. The number of benzene rings is 2. The van der Waals surface area contributed by atoms with Gasteiger partial charge in [-0.2, -0.15) is 0 Å². The molecule has 0 spiro atoms. The summed E-state index contributed by atoms with van der Waals surface area (Å²) in [6.45, 7) is 6.77. The van der Waals surface area contributed by atoms with Gasteiger partial charge in [-0.15, -0.1) is 0 Å². The quantitative estimate of drug-likeness (QED) is 0.206. The van der Waals surface area contributed by atoms with E-state index in [1.807, 2.05) is 6.92 Å². The van der Waals surface area contributed by atoms with Crippen LogP contribution in [-0.2, 0) is 9.53 Å². The first-order chi connectivity index (χ1) is 17.2. The Balaban J connectivity index is 1.74. The third-order valence-electron chi connectivity index (χ3n) is 4.59. The molecular weight excluding hydrogens is 550 g/mol. The largest absolute Gasteiger partial charge is 0.492 e. The molecule has 0 bridgehead atoms. The SMILES string of the molecule is CCCOC(=O)c1ccc(OCC(=O)NNC(=S)NC(=O)c2ccc(OCCC(C)C)c(Br)c2)cc1. The molecule has 0 aliphatic rings. The van der Waals surface area contributed by atoms with Crippen LogP contribution >= 0.6 is 28.1 Å². The molecule has 0 aliphatic heterocycles. The highest BCUT2D eigenvalue weighted by Crippen LogP contribution is 2.26. The van der Waals surface area contributed by atoms with Crippen LogP contribution in [0.15, 0.2) is 46.9 Å². The molecule has 0 radical (unpaired) electrons. The average Bonchev–Trinajstić information content (AvgIpc) is 2.85. The topological polar surface area (TPSA) is 115 Å². The zero-order valence-electron chi connectivity index (χ0n) is 20.4. The fraction of sp³-hybridized carbons (Fsp3) is 0.360. The molecule has 0 atom stereocenters. The van der Waals surface area contributed by atoms with Gasteiger partial charge in [-0.05, 0) is 89.4 Å². The van der Waals surface area contributed by atoms with Gasteiger partial charge >= 0.3 is 5.97 Å². The Kier molecular flexibility index (Phi) is 12.1. The van der Waals surface area contributed by atoms with Crippen LogP contribution in [0.25, 0.3) is 0 Å². The van der Waals surface area contributed by atoms with Crippen LogP contribution in [0.5, 0.6) is 11.5 Å². The van der Waals surface area contributed by atoms with Gasteiger partial charge < -0.3 is 14.2 Å². The van der Waals surface area contributed by atoms with E-state index in [9.17, 15) is 14.4 Å². The summed E-state index contributed by atoms with van der Waals surface area (Å²) in [6.07, 6.45) is 1.66. The average molecular weight is 581 g/mol. The molecule has 2 amide bonds. The Morgan fingerprint density at radius 3 is 2.31 bits per heavy atom. The minimum absolute atomic E-state index is 0.0864. The summed E-state index contributed by atoms with van der Waals surface area (Å²) in [6, 6.07) is 11.2. The number of thiocarbonyl (C=S) groups is 1. The number of halogens is 1. The van der Waals surface area contributed by atoms with E-state index in [-0.39, 0.29) is 11.7 Å². The van der Waals surface area contributed by atoms with Crippen molar-refractivity contribution in [3.8, 4) is 11.5 Å². The number of amides is 2. The van der Waals surface area contributed by atoms with Gasteiger partial charge in [0.05, 0.1) is 23.2 Å². The standard InChI is InChI=1S/C25H30BrN3O6S/c1-4-12-34-24(32)17-5-8-19(9-6-17)35-15-22(30)28-29-25(36)27-23(31)18-7-10-21(20(26)14-18)33-13-11-16(2)3/h5-10,14,16H,4,11-13,15H2,1-3H3,(H,28,30)(H2,27,29,31,36). The minimum Gasteiger partial charge on any atom is -0.492 e. The van der Waals surface area contributed by atoms with Crippen LogP contribution < -0.4 is 25.6 Å². The van der Waals surface area contributed by atoms with Gasteiger partial charge in [-0.3, -0.25) is 25.8 Å². The van der Waals surface area contributed by atoms with E-state index < -0.39 is 17.8 Å². The Morgan fingerprint density at radius 1 is 0.972 bits per heavy atom. The molecule has 0 heterocycles. The molecular formula is C25H30BrN3O6S. The van der Waals surface area contributed by atoms with Crippen LogP contribution in [0.2, 0.25) is 0 Å². The number of hydrogen-bond acceptors (Lipinski definition) is 7. The second-order valence-corrected chi connectivity index (χ2v) is 9.34. The number of ether oxygens (including phenoxy) is 3. The Bertz CT molecular complexity index is 1060. The second-order valence-electron chi connectivity index (χ2n) is 8.08. The molecule has 0 aromatic heterocycles. The van der Waals surface area contributed by atoms with E-state index >= 15 is 0 Å². The molecule has 2 aromatic rings. The molecule has 9 nitrogen and oxygen atoms in total. The van der Waals surface area contributed by atoms with Crippen molar-refractivity contribution in [1.82, 2.24) is 16.2 Å². The van der Waals surface area contributed by atoms with Gasteiger partial charge in [0.2, 0.25) is 0 Å². The number of hydrogen-bond donors (Lipinski definition) is 3. The Hall–Kier alpha value is -3.18. The first kappa shape index (κ1) is 29.1. The number of carbonyl (C=O) groups excluding carboxylic acids is 3. The summed E-state index contributed by atoms with van der Waals surface area (Å²) in [4.78, 5) is 36.3. The van der Waals surface area contributed by atoms with E-state index in [1.54, 1.807) is 42.5 Å². The minimum atomic E-state index is -0.524. The predicted molar refractivity (Wildman–Crippen MR) is 143 cm³/mol. The highest BCUT2D eigenvalue weighted by atomic mass is 79.9. The third kappa shape index (κ3) is 10.2. The van der Waals surface area contributed by atoms with Gasteiger partial charge in [0.15, 0.2) is 11.7 Å². The van der Waals surface area contributed by atoms with Crippen molar-refractivity contribution in [3.63, 3.8) is 0 Å². The smallest absolute Gasteiger partial charge is 0.338 e. The third-order valence-corrected chi connectivity index (χ3v) is 5.41. The molecule has 11 heteroatoms. The maximum Gasteiger partial charge on any atom is 0.338 e. The van der Waals surface area contributed by atoms with Crippen molar-refractivity contribution in [3.05, 3.63) is 58.1 Å². The summed E-state index contributed by atoms with van der Waals surface area (Å²) in [7, 11) is 0. The van der Waals surface area contributed by atoms with Crippen LogP contribution in [0.4, 0.5) is 0 Å². The molecule has 194 valence electrons. The zero-order valence-corrected chi connectivity index (χ0v) is 22.8. The van der Waals surface area contributed by atoms with E-state index in [1.165, 1.54) is 0 Å². The summed E-state index contributed by atoms with van der Waals surface area (Å²) in [5.41, 5.74) is 5.54. The van der Waals surface area contributed by atoms with Gasteiger partial charge in [0.25, 0.3) is 11.8 Å². The van der Waals surface area contributed by atoms with Gasteiger partial charge in [0.1, 0.15) is 11.5 Å². The number of esters is 1. The summed E-state index contributed by atoms with van der Waals surface area (Å²) >= 11 is 8.47. The lowest BCUT2D eigenvalue weighted by Gasteiger charge is -2.13. The lowest BCUT2D eigenvalue weighted by molar-refractivity contribution is -0.123. The Morgan fingerprint density at radius 2 is 1.67 bits per heavy atom. The fourth-order valence-electron chi connectivity index (χ4n) is 2.65. The number of carbonyl (C=O) groups is 3. The zero-order chi connectivity index (χ0) is 26.5. The monoisotopic (exact) mass is 579 g/mol. The van der Waals surface area contributed by atoms with Crippen molar-refractivity contribution in [1.29, 1.82) is 0 Å². The van der Waals surface area contributed by atoms with Crippen LogP contribution in [0, 0.1) is 5.92 Å². The first-order valence-corrected chi connectivity index (χ1v) is 12.6. The molecule has 0 saturated heterocycles. The lowest BCUT2D eigenvalue weighted by atomic mass is 10.1. The van der Waals surface area contributed by atoms with Crippen LogP contribution in [0.1, 0.15) is 54.3 Å². The molecule has 0 unspecified atom stereocenters. The van der Waals surface area contributed by atoms with Gasteiger partial charge in [0, 0.05) is 5.56 Å². The predicted octanol–water partition coefficient (Wildman–Crippen LogP) is 4.16. The van der Waals surface area contributed by atoms with E-state index in [2.05, 4.69) is 45.9 Å². The molecule has 0 saturated carbocycles. The van der Waals surface area contributed by atoms with Crippen molar-refractivity contribution < 1.29 is 28.6 Å². The number of hydrazine groups is 1. The molecule has 36 heavy (non-hydrogen) atoms. The first-order valence-electron chi connectivity index (χ1n) is 11.4. The fourth-order valence-corrected chi connectivity index (χ4v) is 3.28. The maximum absolute atomic E-state index is 12.4. The number of rotatable bonds is 11. The van der Waals surface area contributed by atoms with Gasteiger partial charge in [-0.1, -0.05) is 20.8 Å².